The minimum absolute atomic E-state index is 0.129. The molecule has 170 valence electrons. The molecule has 0 heterocycles. The SMILES string of the molecule is CCCCCC[PH](CCCCCC)(CCCCCC)CC(=O)OCCCCC. The zero-order valence-electron chi connectivity index (χ0n) is 20.0. The fourth-order valence-electron chi connectivity index (χ4n) is 4.32. The Kier molecular flexibility index (Phi) is 20.1. The number of unbranched alkanes of at least 4 members (excludes halogenated alkanes) is 11. The predicted octanol–water partition coefficient (Wildman–Crippen LogP) is 8.21. The van der Waals surface area contributed by atoms with Crippen molar-refractivity contribution < 1.29 is 9.53 Å². The topological polar surface area (TPSA) is 26.3 Å². The van der Waals surface area contributed by atoms with Crippen LogP contribution in [0.25, 0.3) is 0 Å². The number of carbonyl (C=O) groups excluding carboxylic acids is 1. The number of hydrogen-bond donors (Lipinski definition) is 0. The van der Waals surface area contributed by atoms with E-state index in [9.17, 15) is 4.79 Å². The molecular weight excluding hydrogens is 363 g/mol. The van der Waals surface area contributed by atoms with Gasteiger partial charge in [0.1, 0.15) is 0 Å². The Balaban J connectivity index is 4.86. The molecule has 0 N–H and O–H groups in total. The van der Waals surface area contributed by atoms with Crippen LogP contribution in [0.5, 0.6) is 0 Å². The molecule has 0 amide bonds. The van der Waals surface area contributed by atoms with E-state index in [0.29, 0.717) is 6.61 Å². The molecular formula is C25H53O2P. The first-order valence-corrected chi connectivity index (χ1v) is 15.6. The quantitative estimate of drug-likeness (QED) is 0.107. The van der Waals surface area contributed by atoms with Gasteiger partial charge in [-0.3, -0.25) is 0 Å². The van der Waals surface area contributed by atoms with Gasteiger partial charge in [0.15, 0.2) is 0 Å². The fraction of sp³-hybridized carbons (Fsp3) is 0.960. The van der Waals surface area contributed by atoms with Crippen LogP contribution in [0.4, 0.5) is 0 Å². The Labute approximate surface area is 178 Å². The van der Waals surface area contributed by atoms with E-state index in [1.165, 1.54) is 108 Å². The molecule has 0 rings (SSSR count). The van der Waals surface area contributed by atoms with Gasteiger partial charge in [0, 0.05) is 0 Å². The average Bonchev–Trinajstić information content (AvgIpc) is 2.69. The molecule has 0 aliphatic carbocycles. The summed E-state index contributed by atoms with van der Waals surface area (Å²) in [6.45, 7) is 9.69. The molecule has 0 aromatic carbocycles. The second-order valence-corrected chi connectivity index (χ2v) is 13.9. The Morgan fingerprint density at radius 3 is 1.36 bits per heavy atom. The summed E-state index contributed by atoms with van der Waals surface area (Å²) in [6.07, 6.45) is 24.2. The van der Waals surface area contributed by atoms with E-state index in [4.69, 9.17) is 4.74 Å². The summed E-state index contributed by atoms with van der Waals surface area (Å²) in [5, 5.41) is 0. The van der Waals surface area contributed by atoms with E-state index in [0.717, 1.165) is 12.6 Å². The standard InChI is InChI=1S/C25H53O2P/c1-5-9-13-17-21-28(22-18-14-10-6-2,23-19-15-11-7-3)24-25(26)27-20-16-12-8-4/h28H,5-24H2,1-4H3. The third-order valence-corrected chi connectivity index (χ3v) is 11.5. The van der Waals surface area contributed by atoms with Crippen molar-refractivity contribution >= 4 is 13.2 Å². The first-order chi connectivity index (χ1) is 13.6. The molecule has 0 saturated heterocycles. The van der Waals surface area contributed by atoms with Gasteiger partial charge in [0.25, 0.3) is 0 Å². The van der Waals surface area contributed by atoms with Crippen LogP contribution in [-0.4, -0.2) is 37.2 Å². The van der Waals surface area contributed by atoms with Crippen LogP contribution >= 0.6 is 7.26 Å². The van der Waals surface area contributed by atoms with E-state index in [1.54, 1.807) is 0 Å². The third kappa shape index (κ3) is 15.8. The van der Waals surface area contributed by atoms with Gasteiger partial charge in [-0.05, 0) is 0 Å². The van der Waals surface area contributed by atoms with E-state index in [2.05, 4.69) is 27.7 Å². The van der Waals surface area contributed by atoms with Crippen LogP contribution < -0.4 is 0 Å². The molecule has 0 aliphatic rings. The van der Waals surface area contributed by atoms with Gasteiger partial charge in [-0.25, -0.2) is 0 Å². The van der Waals surface area contributed by atoms with E-state index >= 15 is 0 Å². The zero-order valence-corrected chi connectivity index (χ0v) is 21.0. The molecule has 0 radical (unpaired) electrons. The van der Waals surface area contributed by atoms with Crippen molar-refractivity contribution in [2.24, 2.45) is 0 Å². The van der Waals surface area contributed by atoms with Crippen LogP contribution in [0.1, 0.15) is 124 Å². The van der Waals surface area contributed by atoms with Crippen molar-refractivity contribution in [3.05, 3.63) is 0 Å². The summed E-state index contributed by atoms with van der Waals surface area (Å²) >= 11 is 0. The first-order valence-electron chi connectivity index (χ1n) is 12.8. The van der Waals surface area contributed by atoms with Crippen molar-refractivity contribution in [3.63, 3.8) is 0 Å². The molecule has 0 aromatic rings. The van der Waals surface area contributed by atoms with Crippen molar-refractivity contribution in [1.82, 2.24) is 0 Å². The Morgan fingerprint density at radius 1 is 0.571 bits per heavy atom. The third-order valence-electron chi connectivity index (χ3n) is 6.21. The normalized spacial score (nSPS) is 12.3. The molecule has 0 aromatic heterocycles. The number of ether oxygens (including phenoxy) is 1. The van der Waals surface area contributed by atoms with Gasteiger partial charge >= 0.3 is 178 Å². The summed E-state index contributed by atoms with van der Waals surface area (Å²) in [5.41, 5.74) is 0. The summed E-state index contributed by atoms with van der Waals surface area (Å²) in [6, 6.07) is 0. The Hall–Kier alpha value is -0.100. The van der Waals surface area contributed by atoms with E-state index in [1.807, 2.05) is 0 Å². The molecule has 0 fully saturated rings. The number of carbonyl (C=O) groups is 1. The van der Waals surface area contributed by atoms with Crippen molar-refractivity contribution in [2.75, 3.05) is 31.3 Å². The van der Waals surface area contributed by atoms with Gasteiger partial charge in [0.05, 0.1) is 0 Å². The maximum atomic E-state index is 12.7. The monoisotopic (exact) mass is 416 g/mol. The predicted molar refractivity (Wildman–Crippen MR) is 131 cm³/mol. The Bertz CT molecular complexity index is 312. The van der Waals surface area contributed by atoms with Crippen molar-refractivity contribution in [2.45, 2.75) is 124 Å². The van der Waals surface area contributed by atoms with Gasteiger partial charge in [0.2, 0.25) is 0 Å². The van der Waals surface area contributed by atoms with Crippen LogP contribution in [0.2, 0.25) is 0 Å². The number of rotatable bonds is 21. The van der Waals surface area contributed by atoms with E-state index < -0.39 is 7.26 Å². The molecule has 0 unspecified atom stereocenters. The first kappa shape index (κ1) is 27.9. The molecule has 0 atom stereocenters. The van der Waals surface area contributed by atoms with Gasteiger partial charge in [-0.15, -0.1) is 0 Å². The number of hydrogen-bond acceptors (Lipinski definition) is 2. The second-order valence-electron chi connectivity index (χ2n) is 9.04. The summed E-state index contributed by atoms with van der Waals surface area (Å²) < 4.78 is 5.68. The Morgan fingerprint density at radius 2 is 0.964 bits per heavy atom. The summed E-state index contributed by atoms with van der Waals surface area (Å²) in [5.74, 6) is 0.129. The van der Waals surface area contributed by atoms with Crippen LogP contribution in [-0.2, 0) is 9.53 Å². The van der Waals surface area contributed by atoms with Crippen LogP contribution in [0.15, 0.2) is 0 Å². The molecule has 0 aliphatic heterocycles. The van der Waals surface area contributed by atoms with Gasteiger partial charge in [-0.1, -0.05) is 0 Å². The van der Waals surface area contributed by atoms with Crippen LogP contribution in [0, 0.1) is 0 Å². The van der Waals surface area contributed by atoms with Crippen LogP contribution in [0.3, 0.4) is 0 Å². The molecule has 3 heteroatoms. The molecule has 0 saturated carbocycles. The molecule has 0 bridgehead atoms. The second kappa shape index (κ2) is 20.2. The van der Waals surface area contributed by atoms with Crippen molar-refractivity contribution in [1.29, 1.82) is 0 Å². The minimum atomic E-state index is -1.55. The average molecular weight is 417 g/mol. The summed E-state index contributed by atoms with van der Waals surface area (Å²) in [7, 11) is -1.55. The molecule has 0 spiro atoms. The zero-order chi connectivity index (χ0) is 20.9. The molecule has 28 heavy (non-hydrogen) atoms. The summed E-state index contributed by atoms with van der Waals surface area (Å²) in [4.78, 5) is 12.7. The van der Waals surface area contributed by atoms with Gasteiger partial charge in [-0.2, -0.15) is 0 Å². The van der Waals surface area contributed by atoms with E-state index in [-0.39, 0.29) is 5.97 Å². The number of esters is 1. The fourth-order valence-corrected chi connectivity index (χ4v) is 9.31. The maximum absolute atomic E-state index is 12.7. The molecule has 2 nitrogen and oxygen atoms in total. The van der Waals surface area contributed by atoms with Gasteiger partial charge < -0.3 is 0 Å². The van der Waals surface area contributed by atoms with Crippen molar-refractivity contribution in [3.8, 4) is 0 Å².